The second-order valence-corrected chi connectivity index (χ2v) is 5.18. The number of halogens is 1. The Morgan fingerprint density at radius 3 is 2.47 bits per heavy atom. The van der Waals surface area contributed by atoms with Crippen LogP contribution in [0.1, 0.15) is 19.6 Å². The minimum absolute atomic E-state index is 0.0502. The molecule has 1 aromatic heterocycles. The van der Waals surface area contributed by atoms with Gasteiger partial charge in [0.15, 0.2) is 0 Å². The van der Waals surface area contributed by atoms with Gasteiger partial charge in [0.2, 0.25) is 0 Å². The van der Waals surface area contributed by atoms with Crippen molar-refractivity contribution in [3.8, 4) is 11.3 Å². The van der Waals surface area contributed by atoms with Crippen molar-refractivity contribution in [2.45, 2.75) is 13.8 Å². The van der Waals surface area contributed by atoms with Crippen molar-refractivity contribution in [2.24, 2.45) is 5.92 Å². The van der Waals surface area contributed by atoms with Crippen molar-refractivity contribution < 1.29 is 9.52 Å². The van der Waals surface area contributed by atoms with Crippen molar-refractivity contribution in [1.29, 1.82) is 0 Å². The van der Waals surface area contributed by atoms with Gasteiger partial charge in [0, 0.05) is 10.6 Å². The summed E-state index contributed by atoms with van der Waals surface area (Å²) in [5.41, 5.74) is 1.94. The Hall–Kier alpha value is -1.51. The lowest BCUT2D eigenvalue weighted by Gasteiger charge is -2.06. The normalized spacial score (nSPS) is 12.2. The van der Waals surface area contributed by atoms with E-state index in [-0.39, 0.29) is 6.61 Å². The molecule has 3 heteroatoms. The molecular formula is C16H17ClO2. The van der Waals surface area contributed by atoms with Crippen LogP contribution < -0.4 is 0 Å². The number of hydrogen-bond donors (Lipinski definition) is 1. The SMILES string of the molecule is CC(C)C(=Cc1ccc(-c2ccc(Cl)cc2)o1)CO. The predicted octanol–water partition coefficient (Wildman–Crippen LogP) is 4.63. The average molecular weight is 277 g/mol. The van der Waals surface area contributed by atoms with Crippen LogP contribution in [0.25, 0.3) is 17.4 Å². The minimum Gasteiger partial charge on any atom is -0.457 e. The van der Waals surface area contributed by atoms with Gasteiger partial charge in [-0.05, 0) is 54.0 Å². The molecule has 2 nitrogen and oxygen atoms in total. The summed E-state index contributed by atoms with van der Waals surface area (Å²) >= 11 is 5.86. The number of benzene rings is 1. The number of rotatable bonds is 4. The zero-order valence-electron chi connectivity index (χ0n) is 11.1. The molecule has 0 saturated heterocycles. The van der Waals surface area contributed by atoms with Gasteiger partial charge in [-0.15, -0.1) is 0 Å². The molecule has 0 aliphatic heterocycles. The lowest BCUT2D eigenvalue weighted by Crippen LogP contribution is -1.98. The quantitative estimate of drug-likeness (QED) is 0.883. The van der Waals surface area contributed by atoms with E-state index in [4.69, 9.17) is 16.0 Å². The van der Waals surface area contributed by atoms with Crippen LogP contribution in [0.2, 0.25) is 5.02 Å². The number of aliphatic hydroxyl groups excluding tert-OH is 1. The highest BCUT2D eigenvalue weighted by Gasteiger charge is 2.06. The molecule has 1 N–H and O–H groups in total. The molecule has 0 fully saturated rings. The van der Waals surface area contributed by atoms with E-state index in [1.807, 2.05) is 56.3 Å². The third kappa shape index (κ3) is 3.49. The fraction of sp³-hybridized carbons (Fsp3) is 0.250. The van der Waals surface area contributed by atoms with Crippen LogP contribution >= 0.6 is 11.6 Å². The monoisotopic (exact) mass is 276 g/mol. The van der Waals surface area contributed by atoms with Gasteiger partial charge in [0.25, 0.3) is 0 Å². The Bertz CT molecular complexity index is 565. The van der Waals surface area contributed by atoms with Gasteiger partial charge in [-0.2, -0.15) is 0 Å². The lowest BCUT2D eigenvalue weighted by atomic mass is 10.0. The van der Waals surface area contributed by atoms with E-state index in [1.54, 1.807) is 0 Å². The van der Waals surface area contributed by atoms with Crippen LogP contribution in [0.15, 0.2) is 46.4 Å². The highest BCUT2D eigenvalue weighted by atomic mass is 35.5. The van der Waals surface area contributed by atoms with Gasteiger partial charge >= 0.3 is 0 Å². The number of hydrogen-bond acceptors (Lipinski definition) is 2. The van der Waals surface area contributed by atoms with Crippen LogP contribution in [0.3, 0.4) is 0 Å². The molecule has 2 aromatic rings. The van der Waals surface area contributed by atoms with E-state index in [9.17, 15) is 5.11 Å². The molecule has 0 bridgehead atoms. The lowest BCUT2D eigenvalue weighted by molar-refractivity contribution is 0.320. The minimum atomic E-state index is 0.0502. The molecule has 19 heavy (non-hydrogen) atoms. The van der Waals surface area contributed by atoms with Gasteiger partial charge in [0.05, 0.1) is 6.61 Å². The summed E-state index contributed by atoms with van der Waals surface area (Å²) < 4.78 is 5.76. The van der Waals surface area contributed by atoms with Gasteiger partial charge in [0.1, 0.15) is 11.5 Å². The van der Waals surface area contributed by atoms with Gasteiger partial charge < -0.3 is 9.52 Å². The third-order valence-electron chi connectivity index (χ3n) is 3.01. The van der Waals surface area contributed by atoms with E-state index in [2.05, 4.69) is 0 Å². The predicted molar refractivity (Wildman–Crippen MR) is 79.1 cm³/mol. The largest absolute Gasteiger partial charge is 0.457 e. The van der Waals surface area contributed by atoms with Gasteiger partial charge in [-0.1, -0.05) is 25.4 Å². The molecule has 0 saturated carbocycles. The third-order valence-corrected chi connectivity index (χ3v) is 3.26. The standard InChI is InChI=1S/C16H17ClO2/c1-11(2)13(10-18)9-15-7-8-16(19-15)12-3-5-14(17)6-4-12/h3-9,11,18H,10H2,1-2H3. The first kappa shape index (κ1) is 13.9. The molecule has 0 spiro atoms. The molecular weight excluding hydrogens is 260 g/mol. The maximum atomic E-state index is 9.29. The van der Waals surface area contributed by atoms with Crippen molar-refractivity contribution in [2.75, 3.05) is 6.61 Å². The fourth-order valence-electron chi connectivity index (χ4n) is 1.78. The highest BCUT2D eigenvalue weighted by Crippen LogP contribution is 2.25. The average Bonchev–Trinajstić information content (AvgIpc) is 2.85. The van der Waals surface area contributed by atoms with Crippen LogP contribution in [0.4, 0.5) is 0 Å². The summed E-state index contributed by atoms with van der Waals surface area (Å²) in [6, 6.07) is 11.3. The Kier molecular flexibility index (Phi) is 4.46. The Balaban J connectivity index is 2.26. The second-order valence-electron chi connectivity index (χ2n) is 4.74. The summed E-state index contributed by atoms with van der Waals surface area (Å²) in [6.07, 6.45) is 1.89. The molecule has 100 valence electrons. The molecule has 2 rings (SSSR count). The molecule has 0 amide bonds. The zero-order valence-corrected chi connectivity index (χ0v) is 11.8. The maximum absolute atomic E-state index is 9.29. The molecule has 0 aliphatic carbocycles. The van der Waals surface area contributed by atoms with Crippen molar-refractivity contribution in [1.82, 2.24) is 0 Å². The molecule has 0 atom stereocenters. The van der Waals surface area contributed by atoms with Crippen LogP contribution in [0.5, 0.6) is 0 Å². The summed E-state index contributed by atoms with van der Waals surface area (Å²) in [6.45, 7) is 4.14. The zero-order chi connectivity index (χ0) is 13.8. The smallest absolute Gasteiger partial charge is 0.134 e. The second kappa shape index (κ2) is 6.09. The summed E-state index contributed by atoms with van der Waals surface area (Å²) in [5, 5.41) is 9.99. The van der Waals surface area contributed by atoms with E-state index in [1.165, 1.54) is 0 Å². The molecule has 0 aliphatic rings. The fourth-order valence-corrected chi connectivity index (χ4v) is 1.90. The molecule has 1 heterocycles. The number of aliphatic hydroxyl groups is 1. The summed E-state index contributed by atoms with van der Waals surface area (Å²) in [7, 11) is 0. The van der Waals surface area contributed by atoms with E-state index < -0.39 is 0 Å². The van der Waals surface area contributed by atoms with Crippen molar-refractivity contribution >= 4 is 17.7 Å². The molecule has 1 aromatic carbocycles. The Morgan fingerprint density at radius 1 is 1.21 bits per heavy atom. The first-order valence-electron chi connectivity index (χ1n) is 6.27. The first-order valence-corrected chi connectivity index (χ1v) is 6.65. The van der Waals surface area contributed by atoms with Crippen LogP contribution in [-0.4, -0.2) is 11.7 Å². The Labute approximate surface area is 118 Å². The maximum Gasteiger partial charge on any atom is 0.134 e. The number of furan rings is 1. The van der Waals surface area contributed by atoms with Crippen LogP contribution in [-0.2, 0) is 0 Å². The van der Waals surface area contributed by atoms with E-state index in [0.717, 1.165) is 22.7 Å². The first-order chi connectivity index (χ1) is 9.10. The topological polar surface area (TPSA) is 33.4 Å². The summed E-state index contributed by atoms with van der Waals surface area (Å²) in [4.78, 5) is 0. The molecule has 0 radical (unpaired) electrons. The van der Waals surface area contributed by atoms with Gasteiger partial charge in [-0.25, -0.2) is 0 Å². The van der Waals surface area contributed by atoms with E-state index >= 15 is 0 Å². The van der Waals surface area contributed by atoms with Crippen molar-refractivity contribution in [3.63, 3.8) is 0 Å². The van der Waals surface area contributed by atoms with E-state index in [0.29, 0.717) is 10.9 Å². The molecule has 0 unspecified atom stereocenters. The van der Waals surface area contributed by atoms with Gasteiger partial charge in [-0.3, -0.25) is 0 Å². The van der Waals surface area contributed by atoms with Crippen LogP contribution in [0, 0.1) is 5.92 Å². The van der Waals surface area contributed by atoms with Crippen molar-refractivity contribution in [3.05, 3.63) is 52.8 Å². The highest BCUT2D eigenvalue weighted by molar-refractivity contribution is 6.30. The summed E-state index contributed by atoms with van der Waals surface area (Å²) in [5.74, 6) is 1.85. The Morgan fingerprint density at radius 2 is 1.89 bits per heavy atom.